The second-order valence-electron chi connectivity index (χ2n) is 2.51. The molecule has 0 aliphatic rings. The first kappa shape index (κ1) is 10.1. The summed E-state index contributed by atoms with van der Waals surface area (Å²) in [6.07, 6.45) is 7.48. The van der Waals surface area contributed by atoms with E-state index in [-0.39, 0.29) is 0 Å². The normalized spacial score (nSPS) is 10.5. The number of hydrogen-bond acceptors (Lipinski definition) is 2. The van der Waals surface area contributed by atoms with Gasteiger partial charge in [0.25, 0.3) is 0 Å². The van der Waals surface area contributed by atoms with Crippen molar-refractivity contribution in [1.82, 2.24) is 4.98 Å². The first-order valence-electron chi connectivity index (χ1n) is 4.00. The van der Waals surface area contributed by atoms with Gasteiger partial charge in [-0.15, -0.1) is 0 Å². The molecule has 2 nitrogen and oxygen atoms in total. The van der Waals surface area contributed by atoms with E-state index in [9.17, 15) is 4.79 Å². The summed E-state index contributed by atoms with van der Waals surface area (Å²) in [6, 6.07) is 3.59. The van der Waals surface area contributed by atoms with Gasteiger partial charge in [0.1, 0.15) is 5.69 Å². The summed E-state index contributed by atoms with van der Waals surface area (Å²) in [5, 5.41) is 0.962. The number of alkyl halides is 1. The number of rotatable bonds is 4. The van der Waals surface area contributed by atoms with Crippen LogP contribution in [0, 0.1) is 0 Å². The van der Waals surface area contributed by atoms with Crippen LogP contribution in [-0.2, 0) is 0 Å². The van der Waals surface area contributed by atoms with Crippen molar-refractivity contribution < 1.29 is 4.79 Å². The molecule has 0 amide bonds. The Bertz CT molecular complexity index is 292. The number of aromatic nitrogens is 1. The molecule has 1 rings (SSSR count). The fourth-order valence-electron chi connectivity index (χ4n) is 0.867. The number of carbonyl (C=O) groups is 1. The highest BCUT2D eigenvalue weighted by Crippen LogP contribution is 2.02. The van der Waals surface area contributed by atoms with Crippen molar-refractivity contribution in [3.05, 3.63) is 35.7 Å². The monoisotopic (exact) mass is 239 g/mol. The van der Waals surface area contributed by atoms with Gasteiger partial charge in [0.05, 0.1) is 0 Å². The zero-order valence-electron chi connectivity index (χ0n) is 7.11. The minimum atomic E-state index is 0.470. The molecule has 1 heterocycles. The molecule has 0 bridgehead atoms. The van der Waals surface area contributed by atoms with Gasteiger partial charge >= 0.3 is 0 Å². The van der Waals surface area contributed by atoms with Gasteiger partial charge in [0.15, 0.2) is 6.29 Å². The van der Waals surface area contributed by atoms with E-state index in [1.165, 1.54) is 0 Å². The lowest BCUT2D eigenvalue weighted by atomic mass is 10.2. The van der Waals surface area contributed by atoms with Crippen molar-refractivity contribution in [2.45, 2.75) is 6.42 Å². The van der Waals surface area contributed by atoms with Crippen LogP contribution >= 0.6 is 15.9 Å². The molecule has 0 aliphatic carbocycles. The summed E-state index contributed by atoms with van der Waals surface area (Å²) in [5.74, 6) is 0. The van der Waals surface area contributed by atoms with Crippen molar-refractivity contribution in [2.24, 2.45) is 0 Å². The van der Waals surface area contributed by atoms with Crippen LogP contribution in [0.3, 0.4) is 0 Å². The van der Waals surface area contributed by atoms with Crippen LogP contribution in [0.15, 0.2) is 24.4 Å². The summed E-state index contributed by atoms with van der Waals surface area (Å²) < 4.78 is 0. The summed E-state index contributed by atoms with van der Waals surface area (Å²) >= 11 is 3.33. The third kappa shape index (κ3) is 3.51. The molecule has 1 aromatic rings. The highest BCUT2D eigenvalue weighted by molar-refractivity contribution is 9.09. The van der Waals surface area contributed by atoms with Gasteiger partial charge in [-0.3, -0.25) is 9.78 Å². The van der Waals surface area contributed by atoms with Crippen molar-refractivity contribution in [2.75, 3.05) is 5.33 Å². The molecule has 0 saturated carbocycles. The van der Waals surface area contributed by atoms with E-state index in [0.29, 0.717) is 5.69 Å². The SMILES string of the molecule is O=Cc1ccc(C=CCCBr)cn1. The zero-order valence-corrected chi connectivity index (χ0v) is 8.70. The Morgan fingerprint density at radius 1 is 1.46 bits per heavy atom. The molecular formula is C10H10BrNO. The largest absolute Gasteiger partial charge is 0.296 e. The smallest absolute Gasteiger partial charge is 0.168 e. The van der Waals surface area contributed by atoms with Crippen LogP contribution in [0.25, 0.3) is 6.08 Å². The molecule has 1 aromatic heterocycles. The van der Waals surface area contributed by atoms with Crippen molar-refractivity contribution in [3.8, 4) is 0 Å². The molecule has 13 heavy (non-hydrogen) atoms. The lowest BCUT2D eigenvalue weighted by Crippen LogP contribution is -1.85. The van der Waals surface area contributed by atoms with Gasteiger partial charge in [-0.25, -0.2) is 0 Å². The highest BCUT2D eigenvalue weighted by atomic mass is 79.9. The molecule has 0 atom stereocenters. The number of halogens is 1. The highest BCUT2D eigenvalue weighted by Gasteiger charge is 1.89. The topological polar surface area (TPSA) is 30.0 Å². The number of allylic oxidation sites excluding steroid dienone is 1. The lowest BCUT2D eigenvalue weighted by molar-refractivity contribution is 0.111. The summed E-state index contributed by atoms with van der Waals surface area (Å²) in [6.45, 7) is 0. The Hall–Kier alpha value is -0.960. The standard InChI is InChI=1S/C10H10BrNO/c11-6-2-1-3-9-4-5-10(8-13)12-7-9/h1,3-5,7-8H,2,6H2. The molecule has 3 heteroatoms. The second kappa shape index (κ2) is 5.65. The van der Waals surface area contributed by atoms with Gasteiger partial charge in [-0.2, -0.15) is 0 Å². The minimum absolute atomic E-state index is 0.470. The average molecular weight is 240 g/mol. The van der Waals surface area contributed by atoms with Gasteiger partial charge in [-0.05, 0) is 18.1 Å². The van der Waals surface area contributed by atoms with Crippen LogP contribution in [0.5, 0.6) is 0 Å². The fourth-order valence-corrected chi connectivity index (χ4v) is 1.13. The van der Waals surface area contributed by atoms with Gasteiger partial charge in [0, 0.05) is 11.5 Å². The minimum Gasteiger partial charge on any atom is -0.296 e. The number of hydrogen-bond donors (Lipinski definition) is 0. The molecule has 0 unspecified atom stereocenters. The molecule has 0 saturated heterocycles. The van der Waals surface area contributed by atoms with Crippen molar-refractivity contribution >= 4 is 28.3 Å². The van der Waals surface area contributed by atoms with Gasteiger partial charge in [0.2, 0.25) is 0 Å². The maximum Gasteiger partial charge on any atom is 0.168 e. The number of nitrogens with zero attached hydrogens (tertiary/aromatic N) is 1. The Balaban J connectivity index is 2.63. The number of carbonyl (C=O) groups excluding carboxylic acids is 1. The Morgan fingerprint density at radius 3 is 2.85 bits per heavy atom. The second-order valence-corrected chi connectivity index (χ2v) is 3.31. The first-order valence-corrected chi connectivity index (χ1v) is 5.12. The van der Waals surface area contributed by atoms with Crippen molar-refractivity contribution in [3.63, 3.8) is 0 Å². The molecule has 0 spiro atoms. The van der Waals surface area contributed by atoms with E-state index < -0.39 is 0 Å². The molecule has 0 fully saturated rings. The lowest BCUT2D eigenvalue weighted by Gasteiger charge is -1.92. The van der Waals surface area contributed by atoms with E-state index in [1.807, 2.05) is 12.1 Å². The van der Waals surface area contributed by atoms with Crippen LogP contribution in [0.4, 0.5) is 0 Å². The van der Waals surface area contributed by atoms with Crippen LogP contribution < -0.4 is 0 Å². The predicted octanol–water partition coefficient (Wildman–Crippen LogP) is 2.69. The summed E-state index contributed by atoms with van der Waals surface area (Å²) in [4.78, 5) is 14.2. The average Bonchev–Trinajstić information content (AvgIpc) is 2.19. The zero-order chi connectivity index (χ0) is 9.52. The Morgan fingerprint density at radius 2 is 2.31 bits per heavy atom. The molecule has 68 valence electrons. The van der Waals surface area contributed by atoms with E-state index >= 15 is 0 Å². The molecular weight excluding hydrogens is 230 g/mol. The van der Waals surface area contributed by atoms with E-state index in [4.69, 9.17) is 0 Å². The summed E-state index contributed by atoms with van der Waals surface area (Å²) in [5.41, 5.74) is 1.49. The van der Waals surface area contributed by atoms with Crippen LogP contribution in [-0.4, -0.2) is 16.6 Å². The molecule has 0 aromatic carbocycles. The van der Waals surface area contributed by atoms with Crippen molar-refractivity contribution in [1.29, 1.82) is 0 Å². The Labute approximate surface area is 85.8 Å². The fraction of sp³-hybridized carbons (Fsp3) is 0.200. The number of aldehydes is 1. The van der Waals surface area contributed by atoms with Crippen LogP contribution in [0.1, 0.15) is 22.5 Å². The van der Waals surface area contributed by atoms with Gasteiger partial charge in [-0.1, -0.05) is 34.1 Å². The summed E-state index contributed by atoms with van der Waals surface area (Å²) in [7, 11) is 0. The van der Waals surface area contributed by atoms with E-state index in [1.54, 1.807) is 12.3 Å². The first-order chi connectivity index (χ1) is 6.36. The molecule has 0 N–H and O–H groups in total. The Kier molecular flexibility index (Phi) is 4.40. The third-order valence-electron chi connectivity index (χ3n) is 1.52. The molecule has 0 aliphatic heterocycles. The quantitative estimate of drug-likeness (QED) is 0.598. The predicted molar refractivity (Wildman–Crippen MR) is 57.1 cm³/mol. The maximum absolute atomic E-state index is 10.3. The van der Waals surface area contributed by atoms with Gasteiger partial charge < -0.3 is 0 Å². The van der Waals surface area contributed by atoms with Crippen LogP contribution in [0.2, 0.25) is 0 Å². The third-order valence-corrected chi connectivity index (χ3v) is 1.97. The molecule has 0 radical (unpaired) electrons. The van der Waals surface area contributed by atoms with E-state index in [2.05, 4.69) is 27.0 Å². The maximum atomic E-state index is 10.3. The number of pyridine rings is 1. The van der Waals surface area contributed by atoms with E-state index in [0.717, 1.165) is 23.6 Å².